The number of hydrogen-bond acceptors (Lipinski definition) is 3. The first kappa shape index (κ1) is 22.1. The monoisotopic (exact) mass is 416 g/mol. The summed E-state index contributed by atoms with van der Waals surface area (Å²) in [5, 5.41) is 5.76. The lowest BCUT2D eigenvalue weighted by atomic mass is 10.1. The quantitative estimate of drug-likeness (QED) is 0.481. The van der Waals surface area contributed by atoms with E-state index in [0.717, 1.165) is 5.56 Å². The summed E-state index contributed by atoms with van der Waals surface area (Å²) in [7, 11) is 0. The Labute approximate surface area is 183 Å². The van der Waals surface area contributed by atoms with Gasteiger partial charge in [-0.2, -0.15) is 0 Å². The minimum Gasteiger partial charge on any atom is -0.493 e. The molecule has 0 heterocycles. The number of anilines is 2. The van der Waals surface area contributed by atoms with Gasteiger partial charge in [-0.1, -0.05) is 50.2 Å². The van der Waals surface area contributed by atoms with Crippen molar-refractivity contribution < 1.29 is 14.3 Å². The van der Waals surface area contributed by atoms with Crippen molar-refractivity contribution in [1.82, 2.24) is 0 Å². The van der Waals surface area contributed by atoms with Crippen molar-refractivity contribution in [3.8, 4) is 5.75 Å². The van der Waals surface area contributed by atoms with Gasteiger partial charge < -0.3 is 15.4 Å². The number of rotatable bonds is 9. The Hall–Kier alpha value is -3.60. The van der Waals surface area contributed by atoms with Gasteiger partial charge in [-0.05, 0) is 60.4 Å². The van der Waals surface area contributed by atoms with Crippen LogP contribution in [0.3, 0.4) is 0 Å². The van der Waals surface area contributed by atoms with Crippen molar-refractivity contribution in [3.63, 3.8) is 0 Å². The Morgan fingerprint density at radius 1 is 0.839 bits per heavy atom. The van der Waals surface area contributed by atoms with Gasteiger partial charge >= 0.3 is 0 Å². The first-order valence-electron chi connectivity index (χ1n) is 10.5. The zero-order valence-corrected chi connectivity index (χ0v) is 17.9. The molecule has 0 saturated carbocycles. The molecule has 3 rings (SSSR count). The molecule has 0 aromatic heterocycles. The van der Waals surface area contributed by atoms with Crippen LogP contribution in [0.4, 0.5) is 11.4 Å². The molecule has 5 nitrogen and oxygen atoms in total. The third-order valence-electron chi connectivity index (χ3n) is 4.59. The van der Waals surface area contributed by atoms with Gasteiger partial charge in [0.05, 0.1) is 6.61 Å². The average Bonchev–Trinajstić information content (AvgIpc) is 2.78. The van der Waals surface area contributed by atoms with Crippen molar-refractivity contribution in [2.45, 2.75) is 26.7 Å². The molecule has 0 radical (unpaired) electrons. The molecule has 0 aliphatic carbocycles. The second-order valence-electron chi connectivity index (χ2n) is 7.80. The van der Waals surface area contributed by atoms with Crippen LogP contribution in [0, 0.1) is 5.92 Å². The Kier molecular flexibility index (Phi) is 7.82. The fourth-order valence-corrected chi connectivity index (χ4v) is 2.96. The normalized spacial score (nSPS) is 10.5. The smallest absolute Gasteiger partial charge is 0.255 e. The van der Waals surface area contributed by atoms with Gasteiger partial charge in [0, 0.05) is 23.4 Å². The number of hydrogen-bond donors (Lipinski definition) is 2. The first-order chi connectivity index (χ1) is 15.0. The summed E-state index contributed by atoms with van der Waals surface area (Å²) in [6.45, 7) is 4.75. The number of amides is 2. The highest BCUT2D eigenvalue weighted by molar-refractivity contribution is 6.04. The summed E-state index contributed by atoms with van der Waals surface area (Å²) in [5.74, 6) is 0.832. The number of benzene rings is 3. The molecule has 0 aliphatic rings. The molecular formula is C26H28N2O3. The minimum atomic E-state index is -0.213. The summed E-state index contributed by atoms with van der Waals surface area (Å²) < 4.78 is 5.69. The van der Waals surface area contributed by atoms with E-state index in [1.165, 1.54) is 0 Å². The molecule has 31 heavy (non-hydrogen) atoms. The molecular weight excluding hydrogens is 388 g/mol. The molecule has 160 valence electrons. The van der Waals surface area contributed by atoms with Gasteiger partial charge in [-0.25, -0.2) is 0 Å². The lowest BCUT2D eigenvalue weighted by molar-refractivity contribution is -0.116. The van der Waals surface area contributed by atoms with E-state index in [4.69, 9.17) is 4.74 Å². The third kappa shape index (κ3) is 7.30. The highest BCUT2D eigenvalue weighted by atomic mass is 16.5. The van der Waals surface area contributed by atoms with Crippen LogP contribution in [-0.4, -0.2) is 18.4 Å². The number of aryl methyl sites for hydroxylation is 1. The Morgan fingerprint density at radius 2 is 1.52 bits per heavy atom. The molecule has 5 heteroatoms. The van der Waals surface area contributed by atoms with Crippen molar-refractivity contribution >= 4 is 23.2 Å². The van der Waals surface area contributed by atoms with Crippen molar-refractivity contribution in [1.29, 1.82) is 0 Å². The van der Waals surface area contributed by atoms with E-state index in [0.29, 0.717) is 48.1 Å². The van der Waals surface area contributed by atoms with E-state index < -0.39 is 0 Å². The van der Waals surface area contributed by atoms with Crippen molar-refractivity contribution in [2.75, 3.05) is 17.2 Å². The second-order valence-corrected chi connectivity index (χ2v) is 7.80. The highest BCUT2D eigenvalue weighted by Crippen LogP contribution is 2.18. The summed E-state index contributed by atoms with van der Waals surface area (Å²) >= 11 is 0. The predicted octanol–water partition coefficient (Wildman–Crippen LogP) is 5.55. The first-order valence-corrected chi connectivity index (χ1v) is 10.5. The molecule has 3 aromatic rings. The third-order valence-corrected chi connectivity index (χ3v) is 4.59. The van der Waals surface area contributed by atoms with Crippen LogP contribution in [0.1, 0.15) is 36.2 Å². The Bertz CT molecular complexity index is 999. The van der Waals surface area contributed by atoms with Crippen LogP contribution in [-0.2, 0) is 11.2 Å². The molecule has 2 N–H and O–H groups in total. The average molecular weight is 417 g/mol. The minimum absolute atomic E-state index is 0.0427. The molecule has 0 saturated heterocycles. The van der Waals surface area contributed by atoms with Gasteiger partial charge in [-0.15, -0.1) is 0 Å². The van der Waals surface area contributed by atoms with Gasteiger partial charge in [0.15, 0.2) is 0 Å². The van der Waals surface area contributed by atoms with Gasteiger partial charge in [-0.3, -0.25) is 9.59 Å². The second kappa shape index (κ2) is 11.0. The summed E-state index contributed by atoms with van der Waals surface area (Å²) in [5.41, 5.74) is 3.01. The standard InChI is InChI=1S/C26H28N2O3/c1-19(2)18-31-24-10-6-9-21(17-24)26(30)28-23-14-12-22(13-15-23)27-25(29)16-11-20-7-4-3-5-8-20/h3-10,12-15,17,19H,11,16,18H2,1-2H3,(H,27,29)(H,28,30). The van der Waals surface area contributed by atoms with Crippen molar-refractivity contribution in [2.24, 2.45) is 5.92 Å². The molecule has 0 atom stereocenters. The van der Waals surface area contributed by atoms with Gasteiger partial charge in [0.2, 0.25) is 5.91 Å². The molecule has 3 aromatic carbocycles. The predicted molar refractivity (Wildman–Crippen MR) is 125 cm³/mol. The fourth-order valence-electron chi connectivity index (χ4n) is 2.96. The van der Waals surface area contributed by atoms with Crippen LogP contribution in [0.15, 0.2) is 78.9 Å². The van der Waals surface area contributed by atoms with Crippen molar-refractivity contribution in [3.05, 3.63) is 90.0 Å². The van der Waals surface area contributed by atoms with Gasteiger partial charge in [0.1, 0.15) is 5.75 Å². The van der Waals surface area contributed by atoms with E-state index in [-0.39, 0.29) is 11.8 Å². The maximum atomic E-state index is 12.6. The zero-order chi connectivity index (χ0) is 22.1. The Balaban J connectivity index is 1.51. The highest BCUT2D eigenvalue weighted by Gasteiger charge is 2.09. The topological polar surface area (TPSA) is 67.4 Å². The fraction of sp³-hybridized carbons (Fsp3) is 0.231. The van der Waals surface area contributed by atoms with Crippen LogP contribution in [0.5, 0.6) is 5.75 Å². The summed E-state index contributed by atoms with van der Waals surface area (Å²) in [4.78, 5) is 24.7. The number of ether oxygens (including phenoxy) is 1. The molecule has 0 spiro atoms. The SMILES string of the molecule is CC(C)COc1cccc(C(=O)Nc2ccc(NC(=O)CCc3ccccc3)cc2)c1. The lowest BCUT2D eigenvalue weighted by Crippen LogP contribution is -2.13. The number of carbonyl (C=O) groups excluding carboxylic acids is 2. The van der Waals surface area contributed by atoms with E-state index >= 15 is 0 Å². The Morgan fingerprint density at radius 3 is 2.19 bits per heavy atom. The molecule has 0 aliphatic heterocycles. The van der Waals surface area contributed by atoms with Crippen LogP contribution >= 0.6 is 0 Å². The zero-order valence-electron chi connectivity index (χ0n) is 17.9. The maximum absolute atomic E-state index is 12.6. The van der Waals surface area contributed by atoms with E-state index in [9.17, 15) is 9.59 Å². The summed E-state index contributed by atoms with van der Waals surface area (Å²) in [6, 6.07) is 24.1. The molecule has 0 bridgehead atoms. The number of nitrogens with one attached hydrogen (secondary N) is 2. The molecule has 0 unspecified atom stereocenters. The molecule has 0 fully saturated rings. The van der Waals surface area contributed by atoms with E-state index in [1.54, 1.807) is 42.5 Å². The van der Waals surface area contributed by atoms with Gasteiger partial charge in [0.25, 0.3) is 5.91 Å². The van der Waals surface area contributed by atoms with E-state index in [1.807, 2.05) is 36.4 Å². The van der Waals surface area contributed by atoms with Crippen LogP contribution in [0.2, 0.25) is 0 Å². The maximum Gasteiger partial charge on any atom is 0.255 e. The molecule has 2 amide bonds. The van der Waals surface area contributed by atoms with Crippen LogP contribution < -0.4 is 15.4 Å². The largest absolute Gasteiger partial charge is 0.493 e. The lowest BCUT2D eigenvalue weighted by Gasteiger charge is -2.11. The van der Waals surface area contributed by atoms with Crippen LogP contribution in [0.25, 0.3) is 0 Å². The van der Waals surface area contributed by atoms with E-state index in [2.05, 4.69) is 24.5 Å². The summed E-state index contributed by atoms with van der Waals surface area (Å²) in [6.07, 6.45) is 1.11. The number of carbonyl (C=O) groups is 2.